The molecule has 0 atom stereocenters. The number of thiophene rings is 1. The summed E-state index contributed by atoms with van der Waals surface area (Å²) in [6.45, 7) is 3.60. The molecule has 0 unspecified atom stereocenters. The van der Waals surface area contributed by atoms with Crippen LogP contribution in [0.25, 0.3) is 0 Å². The van der Waals surface area contributed by atoms with E-state index in [1.54, 1.807) is 0 Å². The van der Waals surface area contributed by atoms with Gasteiger partial charge in [-0.25, -0.2) is 17.9 Å². The Morgan fingerprint density at radius 2 is 2.00 bits per heavy atom. The number of rotatable bonds is 5. The van der Waals surface area contributed by atoms with E-state index in [0.717, 1.165) is 10.4 Å². The molecule has 0 fully saturated rings. The quantitative estimate of drug-likeness (QED) is 0.885. The molecule has 5 nitrogen and oxygen atoms in total. The number of aryl methyl sites for hydroxylation is 1. The molecule has 1 aromatic carbocycles. The number of benzene rings is 1. The molecule has 0 saturated carbocycles. The van der Waals surface area contributed by atoms with Crippen LogP contribution >= 0.6 is 11.3 Å². The molecular weight excluding hydrogens is 310 g/mol. The molecule has 0 aliphatic carbocycles. The third-order valence-electron chi connectivity index (χ3n) is 3.19. The first-order chi connectivity index (χ1) is 9.83. The zero-order valence-corrected chi connectivity index (χ0v) is 13.2. The first-order valence-corrected chi connectivity index (χ1v) is 8.55. The van der Waals surface area contributed by atoms with Crippen LogP contribution in [0.2, 0.25) is 0 Å². The topological polar surface area (TPSA) is 83.5 Å². The smallest absolute Gasteiger partial charge is 0.335 e. The Bertz CT molecular complexity index is 778. The fourth-order valence-electron chi connectivity index (χ4n) is 1.96. The summed E-state index contributed by atoms with van der Waals surface area (Å²) >= 11 is 1.48. The molecule has 2 N–H and O–H groups in total. The van der Waals surface area contributed by atoms with Crippen molar-refractivity contribution < 1.29 is 18.3 Å². The molecule has 0 radical (unpaired) electrons. The van der Waals surface area contributed by atoms with E-state index in [-0.39, 0.29) is 22.6 Å². The Balaban J connectivity index is 2.30. The SMILES string of the molecule is Cc1ccsc1CNS(=O)(=O)c1cccc(C(=O)O)c1C. The predicted molar refractivity (Wildman–Crippen MR) is 81.2 cm³/mol. The Morgan fingerprint density at radius 3 is 2.57 bits per heavy atom. The van der Waals surface area contributed by atoms with Gasteiger partial charge in [0.15, 0.2) is 0 Å². The summed E-state index contributed by atoms with van der Waals surface area (Å²) in [5, 5.41) is 11.0. The van der Waals surface area contributed by atoms with E-state index >= 15 is 0 Å². The number of sulfonamides is 1. The summed E-state index contributed by atoms with van der Waals surface area (Å²) in [6, 6.07) is 6.15. The van der Waals surface area contributed by atoms with Gasteiger partial charge < -0.3 is 5.11 Å². The van der Waals surface area contributed by atoms with E-state index in [1.807, 2.05) is 18.4 Å². The maximum Gasteiger partial charge on any atom is 0.335 e. The second-order valence-electron chi connectivity index (χ2n) is 4.59. The number of hydrogen-bond acceptors (Lipinski definition) is 4. The molecule has 21 heavy (non-hydrogen) atoms. The van der Waals surface area contributed by atoms with Crippen molar-refractivity contribution in [3.63, 3.8) is 0 Å². The normalized spacial score (nSPS) is 11.5. The van der Waals surface area contributed by atoms with Crippen LogP contribution in [0.3, 0.4) is 0 Å². The van der Waals surface area contributed by atoms with E-state index in [9.17, 15) is 13.2 Å². The maximum atomic E-state index is 12.3. The van der Waals surface area contributed by atoms with Crippen molar-refractivity contribution >= 4 is 27.3 Å². The van der Waals surface area contributed by atoms with Crippen LogP contribution in [0.1, 0.15) is 26.4 Å². The van der Waals surface area contributed by atoms with E-state index < -0.39 is 16.0 Å². The molecule has 0 aliphatic heterocycles. The van der Waals surface area contributed by atoms with Gasteiger partial charge in [-0.05, 0) is 48.6 Å². The lowest BCUT2D eigenvalue weighted by atomic mass is 10.1. The zero-order valence-electron chi connectivity index (χ0n) is 11.6. The average molecular weight is 325 g/mol. The fourth-order valence-corrected chi connectivity index (χ4v) is 4.16. The maximum absolute atomic E-state index is 12.3. The molecule has 1 aromatic heterocycles. The van der Waals surface area contributed by atoms with Gasteiger partial charge in [0.25, 0.3) is 0 Å². The third-order valence-corrected chi connectivity index (χ3v) is 5.76. The first-order valence-electron chi connectivity index (χ1n) is 6.18. The second kappa shape index (κ2) is 5.97. The monoisotopic (exact) mass is 325 g/mol. The number of carboxylic acid groups (broad SMARTS) is 1. The van der Waals surface area contributed by atoms with Crippen molar-refractivity contribution in [2.45, 2.75) is 25.3 Å². The van der Waals surface area contributed by atoms with Gasteiger partial charge in [0.2, 0.25) is 10.0 Å². The van der Waals surface area contributed by atoms with E-state index in [2.05, 4.69) is 4.72 Å². The highest BCUT2D eigenvalue weighted by molar-refractivity contribution is 7.89. The summed E-state index contributed by atoms with van der Waals surface area (Å²) in [7, 11) is -3.75. The summed E-state index contributed by atoms with van der Waals surface area (Å²) in [5.74, 6) is -1.14. The molecule has 0 bridgehead atoms. The van der Waals surface area contributed by atoms with Crippen LogP contribution in [-0.2, 0) is 16.6 Å². The molecule has 1 heterocycles. The summed E-state index contributed by atoms with van der Waals surface area (Å²) < 4.78 is 27.2. The summed E-state index contributed by atoms with van der Waals surface area (Å²) in [4.78, 5) is 12.0. The summed E-state index contributed by atoms with van der Waals surface area (Å²) in [5.41, 5.74) is 1.25. The molecule has 2 aromatic rings. The van der Waals surface area contributed by atoms with E-state index in [4.69, 9.17) is 5.11 Å². The summed E-state index contributed by atoms with van der Waals surface area (Å²) in [6.07, 6.45) is 0. The van der Waals surface area contributed by atoms with E-state index in [0.29, 0.717) is 0 Å². The van der Waals surface area contributed by atoms with Gasteiger partial charge in [0.1, 0.15) is 0 Å². The molecule has 112 valence electrons. The second-order valence-corrected chi connectivity index (χ2v) is 7.32. The number of carbonyl (C=O) groups is 1. The van der Waals surface area contributed by atoms with Gasteiger partial charge in [-0.3, -0.25) is 0 Å². The Morgan fingerprint density at radius 1 is 1.29 bits per heavy atom. The van der Waals surface area contributed by atoms with Gasteiger partial charge in [-0.15, -0.1) is 11.3 Å². The van der Waals surface area contributed by atoms with Gasteiger partial charge >= 0.3 is 5.97 Å². The van der Waals surface area contributed by atoms with Crippen LogP contribution in [0.5, 0.6) is 0 Å². The lowest BCUT2D eigenvalue weighted by Gasteiger charge is -2.10. The highest BCUT2D eigenvalue weighted by Crippen LogP contribution is 2.20. The molecule has 0 aliphatic rings. The van der Waals surface area contributed by atoms with Crippen LogP contribution in [0.15, 0.2) is 34.5 Å². The first kappa shape index (κ1) is 15.7. The highest BCUT2D eigenvalue weighted by atomic mass is 32.2. The minimum atomic E-state index is -3.75. The standard InChI is InChI=1S/C14H15NO4S2/c1-9-6-7-20-12(9)8-15-21(18,19)13-5-3-4-11(10(13)2)14(16)17/h3-7,15H,8H2,1-2H3,(H,16,17). The van der Waals surface area contributed by atoms with Crippen LogP contribution < -0.4 is 4.72 Å². The van der Waals surface area contributed by atoms with Crippen molar-refractivity contribution in [2.75, 3.05) is 0 Å². The minimum Gasteiger partial charge on any atom is -0.478 e. The minimum absolute atomic E-state index is 0.00314. The largest absolute Gasteiger partial charge is 0.478 e. The number of aromatic carboxylic acids is 1. The molecule has 7 heteroatoms. The molecule has 0 saturated heterocycles. The van der Waals surface area contributed by atoms with Gasteiger partial charge in [0.05, 0.1) is 10.5 Å². The van der Waals surface area contributed by atoms with Crippen molar-refractivity contribution in [2.24, 2.45) is 0 Å². The Kier molecular flexibility index (Phi) is 4.46. The Labute approximate surface area is 127 Å². The Hall–Kier alpha value is -1.70. The van der Waals surface area contributed by atoms with Crippen molar-refractivity contribution in [1.82, 2.24) is 4.72 Å². The van der Waals surface area contributed by atoms with Gasteiger partial charge in [0, 0.05) is 11.4 Å². The average Bonchev–Trinajstić information content (AvgIpc) is 2.82. The molecule has 2 rings (SSSR count). The number of hydrogen-bond donors (Lipinski definition) is 2. The van der Waals surface area contributed by atoms with Gasteiger partial charge in [-0.2, -0.15) is 0 Å². The lowest BCUT2D eigenvalue weighted by molar-refractivity contribution is 0.0696. The van der Waals surface area contributed by atoms with Gasteiger partial charge in [-0.1, -0.05) is 6.07 Å². The van der Waals surface area contributed by atoms with Crippen molar-refractivity contribution in [3.05, 3.63) is 51.2 Å². The van der Waals surface area contributed by atoms with Crippen molar-refractivity contribution in [3.8, 4) is 0 Å². The zero-order chi connectivity index (χ0) is 15.6. The van der Waals surface area contributed by atoms with Crippen LogP contribution in [0, 0.1) is 13.8 Å². The fraction of sp³-hybridized carbons (Fsp3) is 0.214. The molecule has 0 amide bonds. The van der Waals surface area contributed by atoms with E-state index in [1.165, 1.54) is 36.5 Å². The lowest BCUT2D eigenvalue weighted by Crippen LogP contribution is -2.24. The van der Waals surface area contributed by atoms with Crippen LogP contribution in [0.4, 0.5) is 0 Å². The molecular formula is C14H15NO4S2. The molecule has 0 spiro atoms. The third kappa shape index (κ3) is 3.31. The predicted octanol–water partition coefficient (Wildman–Crippen LogP) is 2.54. The van der Waals surface area contributed by atoms with Crippen LogP contribution in [-0.4, -0.2) is 19.5 Å². The number of nitrogens with one attached hydrogen (secondary N) is 1. The number of carboxylic acids is 1. The van der Waals surface area contributed by atoms with Crippen molar-refractivity contribution in [1.29, 1.82) is 0 Å². The highest BCUT2D eigenvalue weighted by Gasteiger charge is 2.20.